The molecular weight excluding hydrogens is 286 g/mol. The van der Waals surface area contributed by atoms with Crippen LogP contribution in [0.5, 0.6) is 0 Å². The van der Waals surface area contributed by atoms with Gasteiger partial charge in [0.25, 0.3) is 0 Å². The normalized spacial score (nSPS) is 38.4. The highest BCUT2D eigenvalue weighted by Gasteiger charge is 2.52. The molecule has 0 spiro atoms. The molecule has 4 fully saturated rings. The highest BCUT2D eigenvalue weighted by Crippen LogP contribution is 2.48. The molecule has 1 heterocycles. The molecule has 0 aromatic rings. The molecule has 4 unspecified atom stereocenters. The van der Waals surface area contributed by atoms with Gasteiger partial charge in [-0.25, -0.2) is 5.06 Å². The number of carbonyl (C=O) groups excluding carboxylic acids is 1. The Balaban J connectivity index is 1.45. The summed E-state index contributed by atoms with van der Waals surface area (Å²) in [6.45, 7) is 4.79. The van der Waals surface area contributed by atoms with Gasteiger partial charge in [-0.05, 0) is 62.2 Å². The van der Waals surface area contributed by atoms with Crippen molar-refractivity contribution in [3.63, 3.8) is 0 Å². The van der Waals surface area contributed by atoms with Gasteiger partial charge in [0.15, 0.2) is 0 Å². The lowest BCUT2D eigenvalue weighted by molar-refractivity contribution is -0.213. The van der Waals surface area contributed by atoms with Crippen LogP contribution in [-0.2, 0) is 9.63 Å². The number of hydroxylamine groups is 2. The zero-order chi connectivity index (χ0) is 15.8. The van der Waals surface area contributed by atoms with Gasteiger partial charge in [0.1, 0.15) is 0 Å². The summed E-state index contributed by atoms with van der Waals surface area (Å²) in [7, 11) is 0. The standard InChI is InChI=1S/C20H29NO2/c1-2-15-12-16(11-10-14-6-3-4-7-14)19-18(15)13-21(20(19)22)23-17-8-5-9-17/h2,10-11,14-19H,1,3-9,12-13H2/b11-10+. The predicted octanol–water partition coefficient (Wildman–Crippen LogP) is 4.11. The molecule has 1 saturated heterocycles. The lowest BCUT2D eigenvalue weighted by atomic mass is 9.89. The average Bonchev–Trinajstić information content (AvgIpc) is 3.19. The van der Waals surface area contributed by atoms with Gasteiger partial charge in [-0.1, -0.05) is 31.1 Å². The number of hydrogen-bond donors (Lipinski definition) is 0. The van der Waals surface area contributed by atoms with Crippen LogP contribution in [0.1, 0.15) is 51.4 Å². The Morgan fingerprint density at radius 2 is 1.83 bits per heavy atom. The van der Waals surface area contributed by atoms with E-state index in [-0.39, 0.29) is 17.9 Å². The van der Waals surface area contributed by atoms with Gasteiger partial charge in [0.05, 0.1) is 18.6 Å². The van der Waals surface area contributed by atoms with Crippen molar-refractivity contribution in [1.82, 2.24) is 5.06 Å². The monoisotopic (exact) mass is 315 g/mol. The lowest BCUT2D eigenvalue weighted by Crippen LogP contribution is -2.36. The average molecular weight is 315 g/mol. The van der Waals surface area contributed by atoms with Crippen LogP contribution in [0, 0.1) is 29.6 Å². The van der Waals surface area contributed by atoms with Gasteiger partial charge in [-0.2, -0.15) is 0 Å². The first-order chi connectivity index (χ1) is 11.3. The Labute approximate surface area is 139 Å². The molecule has 3 saturated carbocycles. The van der Waals surface area contributed by atoms with Crippen molar-refractivity contribution >= 4 is 5.91 Å². The molecule has 3 heteroatoms. The van der Waals surface area contributed by atoms with E-state index in [2.05, 4.69) is 24.8 Å². The van der Waals surface area contributed by atoms with Crippen molar-refractivity contribution < 1.29 is 9.63 Å². The summed E-state index contributed by atoms with van der Waals surface area (Å²) >= 11 is 0. The third kappa shape index (κ3) is 2.88. The predicted molar refractivity (Wildman–Crippen MR) is 90.3 cm³/mol. The first kappa shape index (κ1) is 15.4. The highest BCUT2D eigenvalue weighted by molar-refractivity contribution is 5.81. The molecule has 3 aliphatic carbocycles. The summed E-state index contributed by atoms with van der Waals surface area (Å²) in [5.41, 5.74) is 0. The molecule has 0 aromatic carbocycles. The minimum absolute atomic E-state index is 0.121. The van der Waals surface area contributed by atoms with Crippen molar-refractivity contribution in [1.29, 1.82) is 0 Å². The van der Waals surface area contributed by atoms with E-state index in [1.54, 1.807) is 5.06 Å². The number of rotatable bonds is 5. The maximum Gasteiger partial charge on any atom is 0.250 e. The van der Waals surface area contributed by atoms with E-state index >= 15 is 0 Å². The fourth-order valence-corrected chi connectivity index (χ4v) is 4.95. The summed E-state index contributed by atoms with van der Waals surface area (Å²) in [4.78, 5) is 18.8. The molecule has 0 bridgehead atoms. The molecule has 126 valence electrons. The minimum Gasteiger partial charge on any atom is -0.272 e. The Kier molecular flexibility index (Phi) is 4.31. The van der Waals surface area contributed by atoms with Crippen LogP contribution in [0.3, 0.4) is 0 Å². The molecule has 4 atom stereocenters. The van der Waals surface area contributed by atoms with Crippen molar-refractivity contribution in [2.24, 2.45) is 29.6 Å². The quantitative estimate of drug-likeness (QED) is 0.714. The summed E-state index contributed by atoms with van der Waals surface area (Å²) in [6, 6.07) is 0. The summed E-state index contributed by atoms with van der Waals surface area (Å²) in [6.07, 6.45) is 17.0. The summed E-state index contributed by atoms with van der Waals surface area (Å²) < 4.78 is 0. The van der Waals surface area contributed by atoms with E-state index in [0.29, 0.717) is 17.8 Å². The van der Waals surface area contributed by atoms with Crippen LogP contribution in [-0.4, -0.2) is 23.6 Å². The first-order valence-corrected chi connectivity index (χ1v) is 9.55. The van der Waals surface area contributed by atoms with Crippen molar-refractivity contribution in [3.05, 3.63) is 24.8 Å². The second kappa shape index (κ2) is 6.43. The summed E-state index contributed by atoms with van der Waals surface area (Å²) in [5.74, 6) is 2.33. The van der Waals surface area contributed by atoms with Crippen molar-refractivity contribution in [3.8, 4) is 0 Å². The van der Waals surface area contributed by atoms with E-state index < -0.39 is 0 Å². The third-order valence-electron chi connectivity index (χ3n) is 6.59. The number of hydrogen-bond acceptors (Lipinski definition) is 2. The molecule has 1 aliphatic heterocycles. The van der Waals surface area contributed by atoms with Crippen LogP contribution in [0.15, 0.2) is 24.8 Å². The van der Waals surface area contributed by atoms with Gasteiger partial charge in [-0.15, -0.1) is 6.58 Å². The maximum atomic E-state index is 12.9. The molecule has 3 nitrogen and oxygen atoms in total. The van der Waals surface area contributed by atoms with E-state index in [4.69, 9.17) is 4.84 Å². The third-order valence-corrected chi connectivity index (χ3v) is 6.59. The number of carbonyl (C=O) groups is 1. The molecule has 0 radical (unpaired) electrons. The second-order valence-electron chi connectivity index (χ2n) is 7.98. The fourth-order valence-electron chi connectivity index (χ4n) is 4.95. The maximum absolute atomic E-state index is 12.9. The topological polar surface area (TPSA) is 29.5 Å². The van der Waals surface area contributed by atoms with E-state index in [9.17, 15) is 4.79 Å². The smallest absolute Gasteiger partial charge is 0.250 e. The Morgan fingerprint density at radius 3 is 2.48 bits per heavy atom. The van der Waals surface area contributed by atoms with E-state index in [1.807, 2.05) is 0 Å². The highest BCUT2D eigenvalue weighted by atomic mass is 16.7. The van der Waals surface area contributed by atoms with Crippen LogP contribution in [0.25, 0.3) is 0 Å². The van der Waals surface area contributed by atoms with Crippen LogP contribution < -0.4 is 0 Å². The van der Waals surface area contributed by atoms with E-state index in [1.165, 1.54) is 32.1 Å². The van der Waals surface area contributed by atoms with Crippen molar-refractivity contribution in [2.45, 2.75) is 57.5 Å². The largest absolute Gasteiger partial charge is 0.272 e. The van der Waals surface area contributed by atoms with Gasteiger partial charge >= 0.3 is 0 Å². The van der Waals surface area contributed by atoms with Crippen LogP contribution in [0.2, 0.25) is 0 Å². The molecule has 4 rings (SSSR count). The van der Waals surface area contributed by atoms with Gasteiger partial charge in [0, 0.05) is 0 Å². The molecule has 0 aromatic heterocycles. The van der Waals surface area contributed by atoms with Gasteiger partial charge < -0.3 is 0 Å². The zero-order valence-corrected chi connectivity index (χ0v) is 14.0. The van der Waals surface area contributed by atoms with Gasteiger partial charge in [-0.3, -0.25) is 9.63 Å². The zero-order valence-electron chi connectivity index (χ0n) is 14.0. The fraction of sp³-hybridized carbons (Fsp3) is 0.750. The Hall–Kier alpha value is -1.09. The Morgan fingerprint density at radius 1 is 1.04 bits per heavy atom. The Bertz CT molecular complexity index is 490. The molecule has 0 N–H and O–H groups in total. The number of fused-ring (bicyclic) bond motifs is 1. The minimum atomic E-state index is 0.121. The second-order valence-corrected chi connectivity index (χ2v) is 7.98. The molecule has 1 amide bonds. The lowest BCUT2D eigenvalue weighted by Gasteiger charge is -2.30. The first-order valence-electron chi connectivity index (χ1n) is 9.55. The van der Waals surface area contributed by atoms with E-state index in [0.717, 1.165) is 31.7 Å². The molecular formula is C20H29NO2. The summed E-state index contributed by atoms with van der Waals surface area (Å²) in [5, 5.41) is 1.70. The van der Waals surface area contributed by atoms with Gasteiger partial charge in [0.2, 0.25) is 5.91 Å². The van der Waals surface area contributed by atoms with Crippen molar-refractivity contribution in [2.75, 3.05) is 6.54 Å². The molecule has 23 heavy (non-hydrogen) atoms. The molecule has 4 aliphatic rings. The number of nitrogens with zero attached hydrogens (tertiary/aromatic N) is 1. The number of amides is 1. The number of allylic oxidation sites excluding steroid dienone is 3. The van der Waals surface area contributed by atoms with Crippen LogP contribution >= 0.6 is 0 Å². The SMILES string of the molecule is C=CC1CC(/C=C/C2CCCC2)C2C(=O)N(OC3CCC3)CC12. The van der Waals surface area contributed by atoms with Crippen LogP contribution in [0.4, 0.5) is 0 Å².